The number of carbonyl (C=O) groups excluding carboxylic acids is 1. The molecule has 0 saturated carbocycles. The van der Waals surface area contributed by atoms with Crippen molar-refractivity contribution in [2.75, 3.05) is 0 Å². The van der Waals surface area contributed by atoms with Crippen molar-refractivity contribution in [3.05, 3.63) is 49.8 Å². The third-order valence-corrected chi connectivity index (χ3v) is 6.20. The number of hydrogen-bond donors (Lipinski definition) is 1. The van der Waals surface area contributed by atoms with Gasteiger partial charge in [-0.3, -0.25) is 14.0 Å². The van der Waals surface area contributed by atoms with Crippen molar-refractivity contribution in [3.63, 3.8) is 0 Å². The molecule has 160 valence electrons. The van der Waals surface area contributed by atoms with Crippen LogP contribution in [-0.2, 0) is 19.5 Å². The lowest BCUT2D eigenvalue weighted by molar-refractivity contribution is 0.0926. The van der Waals surface area contributed by atoms with Crippen LogP contribution in [0.5, 0.6) is 0 Å². The second kappa shape index (κ2) is 8.17. The molecule has 1 aliphatic heterocycles. The summed E-state index contributed by atoms with van der Waals surface area (Å²) in [6.07, 6.45) is 2.06. The summed E-state index contributed by atoms with van der Waals surface area (Å²) in [4.78, 5) is 29.9. The van der Waals surface area contributed by atoms with E-state index in [9.17, 15) is 9.59 Å². The van der Waals surface area contributed by atoms with E-state index in [-0.39, 0.29) is 23.7 Å². The number of amides is 1. The Morgan fingerprint density at radius 2 is 2.10 bits per heavy atom. The molecule has 9 nitrogen and oxygen atoms in total. The molecule has 0 aliphatic carbocycles. The van der Waals surface area contributed by atoms with Gasteiger partial charge in [-0.2, -0.15) is 10.2 Å². The largest absolute Gasteiger partial charge is 0.348 e. The molecule has 1 unspecified atom stereocenters. The Morgan fingerprint density at radius 3 is 2.77 bits per heavy atom. The van der Waals surface area contributed by atoms with Crippen LogP contribution in [0.15, 0.2) is 16.2 Å². The monoisotopic (exact) mass is 429 g/mol. The number of nitrogens with one attached hydrogen (secondary N) is 1. The van der Waals surface area contributed by atoms with Gasteiger partial charge < -0.3 is 5.32 Å². The zero-order valence-corrected chi connectivity index (χ0v) is 18.6. The van der Waals surface area contributed by atoms with Gasteiger partial charge in [0.1, 0.15) is 11.5 Å². The molecule has 0 bridgehead atoms. The number of nitrogens with zero attached hydrogens (tertiary/aromatic N) is 6. The van der Waals surface area contributed by atoms with Crippen LogP contribution >= 0.6 is 11.3 Å². The van der Waals surface area contributed by atoms with Crippen LogP contribution in [0.1, 0.15) is 65.4 Å². The lowest BCUT2D eigenvalue weighted by atomic mass is 10.1. The lowest BCUT2D eigenvalue weighted by Gasteiger charge is -2.15. The Labute approximate surface area is 178 Å². The van der Waals surface area contributed by atoms with Crippen molar-refractivity contribution in [2.45, 2.75) is 72.1 Å². The van der Waals surface area contributed by atoms with Gasteiger partial charge in [0.15, 0.2) is 0 Å². The van der Waals surface area contributed by atoms with Gasteiger partial charge in [0, 0.05) is 36.1 Å². The van der Waals surface area contributed by atoms with Gasteiger partial charge in [0.05, 0.1) is 17.2 Å². The number of rotatable bonds is 5. The standard InChI is InChI=1S/C20H27N7O2S/c1-12(2)27-13(3)9-17(23-27)19(28)22-15-5-6-18-24-26(20(29)25(18)8-7-15)10-16-11-30-14(4)21-16/h9,11-12,15H,5-8,10H2,1-4H3,(H,22,28). The molecule has 1 N–H and O–H groups in total. The highest BCUT2D eigenvalue weighted by Gasteiger charge is 2.24. The second-order valence-corrected chi connectivity index (χ2v) is 9.14. The number of thiazole rings is 1. The van der Waals surface area contributed by atoms with Crippen LogP contribution in [0, 0.1) is 13.8 Å². The zero-order chi connectivity index (χ0) is 21.4. The fraction of sp³-hybridized carbons (Fsp3) is 0.550. The smallest absolute Gasteiger partial charge is 0.346 e. The molecule has 3 aromatic rings. The molecule has 1 amide bonds. The molecule has 4 heterocycles. The van der Waals surface area contributed by atoms with Crippen molar-refractivity contribution in [1.29, 1.82) is 0 Å². The zero-order valence-electron chi connectivity index (χ0n) is 17.8. The van der Waals surface area contributed by atoms with Crippen LogP contribution in [0.3, 0.4) is 0 Å². The topological polar surface area (TPSA) is 99.6 Å². The molecular weight excluding hydrogens is 402 g/mol. The Balaban J connectivity index is 1.42. The summed E-state index contributed by atoms with van der Waals surface area (Å²) < 4.78 is 5.07. The van der Waals surface area contributed by atoms with Crippen LogP contribution in [0.4, 0.5) is 0 Å². The number of hydrogen-bond acceptors (Lipinski definition) is 6. The van der Waals surface area contributed by atoms with Gasteiger partial charge in [-0.05, 0) is 46.6 Å². The molecule has 3 aromatic heterocycles. The highest BCUT2D eigenvalue weighted by molar-refractivity contribution is 7.09. The van der Waals surface area contributed by atoms with Gasteiger partial charge in [0.2, 0.25) is 0 Å². The Bertz CT molecular complexity index is 1120. The van der Waals surface area contributed by atoms with E-state index in [0.29, 0.717) is 31.6 Å². The Hall–Kier alpha value is -2.75. The summed E-state index contributed by atoms with van der Waals surface area (Å²) in [5.74, 6) is 0.599. The summed E-state index contributed by atoms with van der Waals surface area (Å²) >= 11 is 1.57. The summed E-state index contributed by atoms with van der Waals surface area (Å²) in [5, 5.41) is 15.0. The summed E-state index contributed by atoms with van der Waals surface area (Å²) in [6.45, 7) is 8.90. The summed E-state index contributed by atoms with van der Waals surface area (Å²) in [6, 6.07) is 2.00. The second-order valence-electron chi connectivity index (χ2n) is 8.07. The van der Waals surface area contributed by atoms with Crippen molar-refractivity contribution in [3.8, 4) is 0 Å². The third-order valence-electron chi connectivity index (χ3n) is 5.37. The molecule has 0 aromatic carbocycles. The molecule has 0 fully saturated rings. The van der Waals surface area contributed by atoms with E-state index in [2.05, 4.69) is 20.5 Å². The van der Waals surface area contributed by atoms with Crippen molar-refractivity contribution >= 4 is 17.2 Å². The SMILES string of the molecule is Cc1nc(Cn2nc3n(c2=O)CCC(NC(=O)c2cc(C)n(C(C)C)n2)CC3)cs1. The number of fused-ring (bicyclic) bond motifs is 1. The Morgan fingerprint density at radius 1 is 1.30 bits per heavy atom. The fourth-order valence-corrected chi connectivity index (χ4v) is 4.49. The van der Waals surface area contributed by atoms with E-state index < -0.39 is 0 Å². The van der Waals surface area contributed by atoms with Crippen molar-refractivity contribution in [1.82, 2.24) is 34.4 Å². The first-order valence-corrected chi connectivity index (χ1v) is 11.1. The molecule has 4 rings (SSSR count). The molecule has 1 atom stereocenters. The third kappa shape index (κ3) is 4.09. The molecule has 1 aliphatic rings. The highest BCUT2D eigenvalue weighted by Crippen LogP contribution is 2.15. The van der Waals surface area contributed by atoms with E-state index in [1.54, 1.807) is 15.9 Å². The molecule has 30 heavy (non-hydrogen) atoms. The molecule has 0 radical (unpaired) electrons. The molecule has 0 spiro atoms. The first-order chi connectivity index (χ1) is 14.3. The minimum Gasteiger partial charge on any atom is -0.348 e. The first-order valence-electron chi connectivity index (χ1n) is 10.3. The first kappa shape index (κ1) is 20.5. The average molecular weight is 430 g/mol. The summed E-state index contributed by atoms with van der Waals surface area (Å²) in [5.41, 5.74) is 2.14. The predicted octanol–water partition coefficient (Wildman–Crippen LogP) is 2.08. The molecule has 10 heteroatoms. The van der Waals surface area contributed by atoms with Crippen molar-refractivity contribution < 1.29 is 4.79 Å². The van der Waals surface area contributed by atoms with Crippen LogP contribution in [-0.4, -0.2) is 41.1 Å². The highest BCUT2D eigenvalue weighted by atomic mass is 32.1. The number of aryl methyl sites for hydroxylation is 3. The van der Waals surface area contributed by atoms with E-state index in [1.807, 2.05) is 43.8 Å². The lowest BCUT2D eigenvalue weighted by Crippen LogP contribution is -2.36. The van der Waals surface area contributed by atoms with Crippen molar-refractivity contribution in [2.24, 2.45) is 0 Å². The molecular formula is C20H27N7O2S. The maximum absolute atomic E-state index is 12.8. The number of aromatic nitrogens is 6. The van der Waals surface area contributed by atoms with Gasteiger partial charge in [-0.25, -0.2) is 14.5 Å². The minimum atomic E-state index is -0.168. The molecule has 0 saturated heterocycles. The van der Waals surface area contributed by atoms with Crippen LogP contribution in [0.25, 0.3) is 0 Å². The Kier molecular flexibility index (Phi) is 5.59. The van der Waals surface area contributed by atoms with E-state index in [4.69, 9.17) is 0 Å². The predicted molar refractivity (Wildman–Crippen MR) is 114 cm³/mol. The van der Waals surface area contributed by atoms with E-state index >= 15 is 0 Å². The maximum Gasteiger partial charge on any atom is 0.346 e. The summed E-state index contributed by atoms with van der Waals surface area (Å²) in [7, 11) is 0. The van der Waals surface area contributed by atoms with E-state index in [0.717, 1.165) is 28.6 Å². The minimum absolute atomic E-state index is 0.0160. The van der Waals surface area contributed by atoms with Gasteiger partial charge in [-0.1, -0.05) is 0 Å². The van der Waals surface area contributed by atoms with Gasteiger partial charge >= 0.3 is 5.69 Å². The van der Waals surface area contributed by atoms with Crippen LogP contribution in [0.2, 0.25) is 0 Å². The quantitative estimate of drug-likeness (QED) is 0.669. The maximum atomic E-state index is 12.8. The van der Waals surface area contributed by atoms with Gasteiger partial charge in [-0.15, -0.1) is 11.3 Å². The fourth-order valence-electron chi connectivity index (χ4n) is 3.89. The van der Waals surface area contributed by atoms with Gasteiger partial charge in [0.25, 0.3) is 5.91 Å². The average Bonchev–Trinajstić information content (AvgIpc) is 3.32. The number of carbonyl (C=O) groups is 1. The van der Waals surface area contributed by atoms with E-state index in [1.165, 1.54) is 4.68 Å². The van der Waals surface area contributed by atoms with Crippen LogP contribution < -0.4 is 11.0 Å². The normalized spacial score (nSPS) is 16.5.